The Labute approximate surface area is 170 Å². The van der Waals surface area contributed by atoms with E-state index in [0.29, 0.717) is 18.5 Å². The minimum Gasteiger partial charge on any atom is -0.341 e. The number of nitrogens with zero attached hydrogens (tertiary/aromatic N) is 3. The van der Waals surface area contributed by atoms with Gasteiger partial charge >= 0.3 is 6.18 Å². The number of amides is 2. The summed E-state index contributed by atoms with van der Waals surface area (Å²) in [6.45, 7) is 2.89. The van der Waals surface area contributed by atoms with Gasteiger partial charge in [0.05, 0.1) is 11.1 Å². The normalized spacial score (nSPS) is 18.9. The number of piperidine rings is 1. The van der Waals surface area contributed by atoms with Crippen molar-refractivity contribution in [3.8, 4) is 11.5 Å². The van der Waals surface area contributed by atoms with Crippen molar-refractivity contribution in [3.05, 3.63) is 35.7 Å². The van der Waals surface area contributed by atoms with E-state index in [9.17, 15) is 22.8 Å². The van der Waals surface area contributed by atoms with Gasteiger partial charge in [0.1, 0.15) is 6.04 Å². The molecule has 1 aliphatic heterocycles. The zero-order valence-corrected chi connectivity index (χ0v) is 16.3. The third-order valence-corrected chi connectivity index (χ3v) is 5.90. The van der Waals surface area contributed by atoms with E-state index in [1.807, 2.05) is 0 Å². The van der Waals surface area contributed by atoms with Gasteiger partial charge in [0.25, 0.3) is 17.6 Å². The van der Waals surface area contributed by atoms with E-state index < -0.39 is 35.4 Å². The second-order valence-electron chi connectivity index (χ2n) is 7.99. The average Bonchev–Trinajstić information content (AvgIpc) is 3.27. The maximum absolute atomic E-state index is 13.2. The van der Waals surface area contributed by atoms with Crippen molar-refractivity contribution in [2.24, 2.45) is 5.41 Å². The molecule has 1 aromatic carbocycles. The summed E-state index contributed by atoms with van der Waals surface area (Å²) >= 11 is 0. The van der Waals surface area contributed by atoms with Crippen LogP contribution in [0, 0.1) is 5.41 Å². The highest BCUT2D eigenvalue weighted by Crippen LogP contribution is 2.53. The molecule has 2 aromatic rings. The number of benzene rings is 1. The van der Waals surface area contributed by atoms with Crippen LogP contribution in [0.2, 0.25) is 0 Å². The first-order valence-electron chi connectivity index (χ1n) is 9.79. The van der Waals surface area contributed by atoms with Gasteiger partial charge in [-0.05, 0) is 50.2 Å². The van der Waals surface area contributed by atoms with Crippen molar-refractivity contribution in [3.63, 3.8) is 0 Å². The Morgan fingerprint density at radius 2 is 1.83 bits per heavy atom. The van der Waals surface area contributed by atoms with Crippen molar-refractivity contribution in [2.45, 2.75) is 44.8 Å². The third-order valence-electron chi connectivity index (χ3n) is 5.90. The van der Waals surface area contributed by atoms with Crippen LogP contribution in [0.15, 0.2) is 28.8 Å². The molecule has 1 aliphatic carbocycles. The molecule has 160 valence electrons. The second-order valence-corrected chi connectivity index (χ2v) is 7.99. The molecule has 0 radical (unpaired) electrons. The number of carbonyl (C=O) groups excluding carboxylic acids is 2. The molecular weight excluding hydrogens is 401 g/mol. The number of hydrogen-bond acceptors (Lipinski definition) is 5. The van der Waals surface area contributed by atoms with Gasteiger partial charge in [0, 0.05) is 13.1 Å². The molecule has 2 fully saturated rings. The fourth-order valence-electron chi connectivity index (χ4n) is 3.82. The summed E-state index contributed by atoms with van der Waals surface area (Å²) in [6.07, 6.45) is -0.210. The Balaban J connectivity index is 1.41. The number of carbonyl (C=O) groups is 2. The predicted octanol–water partition coefficient (Wildman–Crippen LogP) is 3.28. The van der Waals surface area contributed by atoms with Crippen LogP contribution >= 0.6 is 0 Å². The van der Waals surface area contributed by atoms with Crippen LogP contribution < -0.4 is 5.32 Å². The molecule has 1 N–H and O–H groups in total. The predicted molar refractivity (Wildman–Crippen MR) is 99.1 cm³/mol. The largest absolute Gasteiger partial charge is 0.417 e. The molecule has 0 unspecified atom stereocenters. The van der Waals surface area contributed by atoms with Crippen molar-refractivity contribution in [1.29, 1.82) is 0 Å². The number of nitrogens with one attached hydrogen (secondary N) is 1. The van der Waals surface area contributed by atoms with E-state index in [1.54, 1.807) is 11.8 Å². The smallest absolute Gasteiger partial charge is 0.341 e. The Hall–Kier alpha value is -2.91. The van der Waals surface area contributed by atoms with Crippen molar-refractivity contribution >= 4 is 11.8 Å². The average molecular weight is 422 g/mol. The number of aromatic nitrogens is 2. The van der Waals surface area contributed by atoms with Gasteiger partial charge < -0.3 is 14.7 Å². The summed E-state index contributed by atoms with van der Waals surface area (Å²) in [5.74, 6) is -1.84. The van der Waals surface area contributed by atoms with Crippen LogP contribution in [0.5, 0.6) is 0 Å². The number of hydrogen-bond donors (Lipinski definition) is 1. The first-order valence-corrected chi connectivity index (χ1v) is 9.79. The van der Waals surface area contributed by atoms with Gasteiger partial charge in [-0.2, -0.15) is 18.2 Å². The standard InChI is InChI=1S/C20H21F3N4O3/c1-12(18(29)27-10-8-19(6-7-19)9-11-27)24-16(28)15-25-17(30-26-15)13-4-2-3-5-14(13)20(21,22)23/h2-5,12H,6-11H2,1H3,(H,24,28)/t12-/m0/s1. The lowest BCUT2D eigenvalue weighted by Crippen LogP contribution is -2.49. The summed E-state index contributed by atoms with van der Waals surface area (Å²) in [5, 5.41) is 5.98. The van der Waals surface area contributed by atoms with Crippen LogP contribution in [0.3, 0.4) is 0 Å². The lowest BCUT2D eigenvalue weighted by molar-refractivity contribution is -0.137. The van der Waals surface area contributed by atoms with Gasteiger partial charge in [-0.15, -0.1) is 0 Å². The van der Waals surface area contributed by atoms with Crippen LogP contribution in [0.4, 0.5) is 13.2 Å². The van der Waals surface area contributed by atoms with Gasteiger partial charge in [0.2, 0.25) is 5.91 Å². The Kier molecular flexibility index (Phi) is 5.03. The first kappa shape index (κ1) is 20.4. The van der Waals surface area contributed by atoms with Crippen molar-refractivity contribution in [1.82, 2.24) is 20.4 Å². The molecule has 2 amide bonds. The van der Waals surface area contributed by atoms with Gasteiger partial charge in [-0.1, -0.05) is 17.3 Å². The number of likely N-dealkylation sites (tertiary alicyclic amines) is 1. The summed E-state index contributed by atoms with van der Waals surface area (Å²) in [6, 6.07) is 3.92. The minimum absolute atomic E-state index is 0.204. The van der Waals surface area contributed by atoms with Crippen LogP contribution in [-0.4, -0.2) is 46.0 Å². The van der Waals surface area contributed by atoms with Crippen LogP contribution in [0.25, 0.3) is 11.5 Å². The molecule has 7 nitrogen and oxygen atoms in total. The molecule has 1 saturated heterocycles. The highest BCUT2D eigenvalue weighted by molar-refractivity contribution is 5.94. The van der Waals surface area contributed by atoms with E-state index in [0.717, 1.165) is 18.9 Å². The van der Waals surface area contributed by atoms with E-state index in [1.165, 1.54) is 31.0 Å². The molecule has 4 rings (SSSR count). The molecule has 10 heteroatoms. The van der Waals surface area contributed by atoms with Crippen LogP contribution in [0.1, 0.15) is 48.8 Å². The number of alkyl halides is 3. The van der Waals surface area contributed by atoms with Crippen molar-refractivity contribution < 1.29 is 27.3 Å². The summed E-state index contributed by atoms with van der Waals surface area (Å²) in [7, 11) is 0. The molecule has 1 atom stereocenters. The fraction of sp³-hybridized carbons (Fsp3) is 0.500. The zero-order chi connectivity index (χ0) is 21.5. The highest BCUT2D eigenvalue weighted by Gasteiger charge is 2.45. The molecule has 30 heavy (non-hydrogen) atoms. The maximum atomic E-state index is 13.2. The van der Waals surface area contributed by atoms with E-state index in [2.05, 4.69) is 15.5 Å². The lowest BCUT2D eigenvalue weighted by Gasteiger charge is -2.33. The zero-order valence-electron chi connectivity index (χ0n) is 16.3. The maximum Gasteiger partial charge on any atom is 0.417 e. The minimum atomic E-state index is -4.61. The molecule has 1 spiro atoms. The summed E-state index contributed by atoms with van der Waals surface area (Å²) in [5.41, 5.74) is -0.831. The molecule has 1 saturated carbocycles. The second kappa shape index (κ2) is 7.41. The molecule has 0 bridgehead atoms. The monoisotopic (exact) mass is 422 g/mol. The summed E-state index contributed by atoms with van der Waals surface area (Å²) < 4.78 is 44.4. The SMILES string of the molecule is C[C@H](NC(=O)c1noc(-c2ccccc2C(F)(F)F)n1)C(=O)N1CCC2(CC1)CC2. The topological polar surface area (TPSA) is 88.3 Å². The number of rotatable bonds is 4. The van der Waals surface area contributed by atoms with Crippen LogP contribution in [-0.2, 0) is 11.0 Å². The van der Waals surface area contributed by atoms with E-state index in [4.69, 9.17) is 4.52 Å². The quantitative estimate of drug-likeness (QED) is 0.817. The Morgan fingerprint density at radius 1 is 1.17 bits per heavy atom. The van der Waals surface area contributed by atoms with Crippen molar-refractivity contribution in [2.75, 3.05) is 13.1 Å². The van der Waals surface area contributed by atoms with Gasteiger partial charge in [0.15, 0.2) is 0 Å². The molecule has 1 aromatic heterocycles. The van der Waals surface area contributed by atoms with E-state index in [-0.39, 0.29) is 11.5 Å². The number of halogens is 3. The first-order chi connectivity index (χ1) is 14.2. The Morgan fingerprint density at radius 3 is 2.47 bits per heavy atom. The molecule has 2 aliphatic rings. The highest BCUT2D eigenvalue weighted by atomic mass is 19.4. The summed E-state index contributed by atoms with van der Waals surface area (Å²) in [4.78, 5) is 30.5. The fourth-order valence-corrected chi connectivity index (χ4v) is 3.82. The Bertz CT molecular complexity index is 958. The molecule has 2 heterocycles. The van der Waals surface area contributed by atoms with E-state index >= 15 is 0 Å². The van der Waals surface area contributed by atoms with Gasteiger partial charge in [-0.3, -0.25) is 9.59 Å². The van der Waals surface area contributed by atoms with Gasteiger partial charge in [-0.25, -0.2) is 0 Å². The third kappa shape index (κ3) is 4.03. The lowest BCUT2D eigenvalue weighted by atomic mass is 9.93. The molecular formula is C20H21F3N4O3.